The number of nitrogens with zero attached hydrogens (tertiary/aromatic N) is 5. The van der Waals surface area contributed by atoms with Gasteiger partial charge in [0.25, 0.3) is 0 Å². The molecule has 5 nitrogen and oxygen atoms in total. The Balaban J connectivity index is 1.70. The molecule has 1 radical (unpaired) electrons. The molecule has 2 fully saturated rings. The van der Waals surface area contributed by atoms with Crippen LogP contribution in [-0.4, -0.2) is 49.5 Å². The molecular weight excluding hydrogens is 214 g/mol. The van der Waals surface area contributed by atoms with Crippen molar-refractivity contribution in [1.82, 2.24) is 15.5 Å². The van der Waals surface area contributed by atoms with Crippen LogP contribution in [-0.2, 0) is 0 Å². The summed E-state index contributed by atoms with van der Waals surface area (Å²) in [6, 6.07) is 4.19. The van der Waals surface area contributed by atoms with Crippen molar-refractivity contribution in [3.8, 4) is 0 Å². The molecule has 2 aliphatic rings. The van der Waals surface area contributed by atoms with Crippen molar-refractivity contribution in [3.63, 3.8) is 0 Å². The van der Waals surface area contributed by atoms with E-state index in [-0.39, 0.29) is 0 Å². The molecule has 3 heterocycles. The summed E-state index contributed by atoms with van der Waals surface area (Å²) in [7, 11) is 0. The van der Waals surface area contributed by atoms with E-state index < -0.39 is 0 Å². The van der Waals surface area contributed by atoms with E-state index in [1.165, 1.54) is 12.8 Å². The zero-order valence-electron chi connectivity index (χ0n) is 10.0. The van der Waals surface area contributed by atoms with Crippen LogP contribution in [0.4, 0.5) is 11.6 Å². The fourth-order valence-corrected chi connectivity index (χ4v) is 2.44. The maximum Gasteiger partial charge on any atom is 0.151 e. The monoisotopic (exact) mass is 232 g/mol. The van der Waals surface area contributed by atoms with Crippen LogP contribution in [0.1, 0.15) is 12.8 Å². The molecule has 0 amide bonds. The van der Waals surface area contributed by atoms with Gasteiger partial charge in [-0.25, -0.2) is 5.32 Å². The Morgan fingerprint density at radius 2 is 1.29 bits per heavy atom. The predicted molar refractivity (Wildman–Crippen MR) is 67.6 cm³/mol. The highest BCUT2D eigenvalue weighted by Gasteiger charge is 2.16. The molecule has 91 valence electrons. The van der Waals surface area contributed by atoms with Gasteiger partial charge in [-0.2, -0.15) is 0 Å². The van der Waals surface area contributed by atoms with Gasteiger partial charge < -0.3 is 9.80 Å². The average Bonchev–Trinajstić information content (AvgIpc) is 2.94. The van der Waals surface area contributed by atoms with E-state index >= 15 is 0 Å². The Morgan fingerprint density at radius 3 is 1.82 bits per heavy atom. The van der Waals surface area contributed by atoms with Crippen molar-refractivity contribution in [2.24, 2.45) is 0 Å². The highest BCUT2D eigenvalue weighted by molar-refractivity contribution is 5.45. The van der Waals surface area contributed by atoms with Crippen molar-refractivity contribution in [1.29, 1.82) is 0 Å². The molecule has 1 aromatic heterocycles. The fourth-order valence-electron chi connectivity index (χ4n) is 2.44. The molecule has 0 atom stereocenters. The van der Waals surface area contributed by atoms with E-state index in [1.807, 2.05) is 0 Å². The topological polar surface area (TPSA) is 46.4 Å². The van der Waals surface area contributed by atoms with E-state index in [1.54, 1.807) is 0 Å². The van der Waals surface area contributed by atoms with Crippen LogP contribution < -0.4 is 15.1 Å². The van der Waals surface area contributed by atoms with Crippen LogP contribution in [0.15, 0.2) is 12.1 Å². The average molecular weight is 232 g/mol. The second-order valence-electron chi connectivity index (χ2n) is 4.60. The molecule has 0 unspecified atom stereocenters. The van der Waals surface area contributed by atoms with Gasteiger partial charge >= 0.3 is 0 Å². The van der Waals surface area contributed by atoms with Gasteiger partial charge in [0.05, 0.1) is 0 Å². The van der Waals surface area contributed by atoms with E-state index in [9.17, 15) is 0 Å². The Hall–Kier alpha value is -1.36. The zero-order chi connectivity index (χ0) is 11.5. The first-order valence-corrected chi connectivity index (χ1v) is 6.40. The maximum atomic E-state index is 4.34. The van der Waals surface area contributed by atoms with E-state index in [2.05, 4.69) is 37.4 Å². The second-order valence-corrected chi connectivity index (χ2v) is 4.60. The van der Waals surface area contributed by atoms with Crippen LogP contribution in [0.25, 0.3) is 0 Å². The van der Waals surface area contributed by atoms with Crippen molar-refractivity contribution in [3.05, 3.63) is 12.1 Å². The summed E-state index contributed by atoms with van der Waals surface area (Å²) >= 11 is 0. The first-order valence-electron chi connectivity index (χ1n) is 6.40. The van der Waals surface area contributed by atoms with Crippen molar-refractivity contribution in [2.45, 2.75) is 12.8 Å². The van der Waals surface area contributed by atoms with E-state index in [0.717, 1.165) is 50.9 Å². The minimum absolute atomic E-state index is 0.912. The summed E-state index contributed by atoms with van der Waals surface area (Å²) in [5.74, 6) is 2.01. The van der Waals surface area contributed by atoms with Crippen molar-refractivity contribution >= 4 is 11.6 Å². The van der Waals surface area contributed by atoms with Crippen LogP contribution in [0.5, 0.6) is 0 Å². The summed E-state index contributed by atoms with van der Waals surface area (Å²) in [4.78, 5) is 4.57. The molecule has 5 heteroatoms. The SMILES string of the molecule is c1cc(N2CC[N]CC2)nnc1N1CCCC1. The standard InChI is InChI=1S/C12H18N5/c1-2-8-16(7-1)11-3-4-12(15-14-11)17-9-5-13-6-10-17/h3-4H,1-2,5-10H2. The largest absolute Gasteiger partial charge is 0.355 e. The number of anilines is 2. The van der Waals surface area contributed by atoms with Crippen LogP contribution in [0.3, 0.4) is 0 Å². The van der Waals surface area contributed by atoms with Gasteiger partial charge in [-0.05, 0) is 25.0 Å². The third kappa shape index (κ3) is 2.34. The minimum atomic E-state index is 0.912. The van der Waals surface area contributed by atoms with Gasteiger partial charge in [0.1, 0.15) is 0 Å². The Labute approximate surface area is 102 Å². The van der Waals surface area contributed by atoms with Crippen molar-refractivity contribution in [2.75, 3.05) is 49.1 Å². The van der Waals surface area contributed by atoms with Gasteiger partial charge in [-0.1, -0.05) is 0 Å². The van der Waals surface area contributed by atoms with Gasteiger partial charge in [0.2, 0.25) is 0 Å². The lowest BCUT2D eigenvalue weighted by Crippen LogP contribution is -2.40. The quantitative estimate of drug-likeness (QED) is 0.745. The number of piperazine rings is 1. The smallest absolute Gasteiger partial charge is 0.151 e. The third-order valence-electron chi connectivity index (χ3n) is 3.45. The highest BCUT2D eigenvalue weighted by Crippen LogP contribution is 2.19. The lowest BCUT2D eigenvalue weighted by molar-refractivity contribution is 0.573. The summed E-state index contributed by atoms with van der Waals surface area (Å²) in [6.45, 7) is 6.01. The number of rotatable bonds is 2. The van der Waals surface area contributed by atoms with E-state index in [0.29, 0.717) is 0 Å². The molecule has 0 spiro atoms. The summed E-state index contributed by atoms with van der Waals surface area (Å²) in [5, 5.41) is 13.0. The van der Waals surface area contributed by atoms with Crippen LogP contribution in [0.2, 0.25) is 0 Å². The van der Waals surface area contributed by atoms with Gasteiger partial charge in [0, 0.05) is 39.3 Å². The summed E-state index contributed by atoms with van der Waals surface area (Å²) < 4.78 is 0. The number of hydrogen-bond donors (Lipinski definition) is 0. The second kappa shape index (κ2) is 4.87. The van der Waals surface area contributed by atoms with E-state index in [4.69, 9.17) is 0 Å². The normalized spacial score (nSPS) is 20.9. The molecule has 2 saturated heterocycles. The lowest BCUT2D eigenvalue weighted by Gasteiger charge is -2.27. The Morgan fingerprint density at radius 1 is 0.765 bits per heavy atom. The van der Waals surface area contributed by atoms with Crippen LogP contribution in [0, 0.1) is 0 Å². The Kier molecular flexibility index (Phi) is 3.09. The number of aromatic nitrogens is 2. The molecule has 3 rings (SSSR count). The number of hydrogen-bond acceptors (Lipinski definition) is 4. The van der Waals surface area contributed by atoms with Crippen molar-refractivity contribution < 1.29 is 0 Å². The first-order chi connectivity index (χ1) is 8.43. The van der Waals surface area contributed by atoms with Gasteiger partial charge in [-0.15, -0.1) is 10.2 Å². The van der Waals surface area contributed by atoms with Gasteiger partial charge in [-0.3, -0.25) is 0 Å². The Bertz CT molecular complexity index is 352. The molecule has 2 aliphatic heterocycles. The minimum Gasteiger partial charge on any atom is -0.355 e. The van der Waals surface area contributed by atoms with Gasteiger partial charge in [0.15, 0.2) is 11.6 Å². The zero-order valence-corrected chi connectivity index (χ0v) is 10.0. The maximum absolute atomic E-state index is 4.34. The molecule has 0 aliphatic carbocycles. The lowest BCUT2D eigenvalue weighted by atomic mass is 10.3. The summed E-state index contributed by atoms with van der Waals surface area (Å²) in [6.07, 6.45) is 2.55. The summed E-state index contributed by atoms with van der Waals surface area (Å²) in [5.41, 5.74) is 0. The predicted octanol–water partition coefficient (Wildman–Crippen LogP) is 0.501. The molecule has 1 aromatic rings. The molecule has 0 saturated carbocycles. The highest BCUT2D eigenvalue weighted by atomic mass is 15.3. The fraction of sp³-hybridized carbons (Fsp3) is 0.667. The first kappa shape index (κ1) is 10.8. The molecule has 0 aromatic carbocycles. The van der Waals surface area contributed by atoms with Crippen LogP contribution >= 0.6 is 0 Å². The third-order valence-corrected chi connectivity index (χ3v) is 3.45. The molecule has 0 N–H and O–H groups in total. The molecule has 17 heavy (non-hydrogen) atoms. The molecule has 0 bridgehead atoms. The molecular formula is C12H18N5.